The Labute approximate surface area is 124 Å². The number of aryl methyl sites for hydroxylation is 1. The van der Waals surface area contributed by atoms with E-state index in [1.54, 1.807) is 0 Å². The molecule has 0 unspecified atom stereocenters. The Hall–Kier alpha value is -2.35. The van der Waals surface area contributed by atoms with Gasteiger partial charge < -0.3 is 4.42 Å². The van der Waals surface area contributed by atoms with E-state index >= 15 is 0 Å². The van der Waals surface area contributed by atoms with Gasteiger partial charge in [0.25, 0.3) is 0 Å². The number of fused-ring (bicyclic) bond motifs is 1. The van der Waals surface area contributed by atoms with Crippen molar-refractivity contribution in [1.29, 1.82) is 0 Å². The number of furan rings is 1. The van der Waals surface area contributed by atoms with E-state index < -0.39 is 0 Å². The largest absolute Gasteiger partial charge is 0.452 e. The molecule has 3 aromatic rings. The first-order valence-electron chi connectivity index (χ1n) is 7.20. The van der Waals surface area contributed by atoms with Crippen molar-refractivity contribution in [2.45, 2.75) is 26.7 Å². The number of rotatable bonds is 3. The van der Waals surface area contributed by atoms with Crippen LogP contribution in [0.4, 0.5) is 0 Å². The highest BCUT2D eigenvalue weighted by Crippen LogP contribution is 2.24. The smallest absolute Gasteiger partial charge is 0.228 e. The summed E-state index contributed by atoms with van der Waals surface area (Å²) in [5.74, 6) is 0.792. The predicted molar refractivity (Wildman–Crippen MR) is 84.9 cm³/mol. The second kappa shape index (κ2) is 5.21. The third kappa shape index (κ3) is 2.49. The standard InChI is InChI=1S/C19H18O2/c1-12(2)14-7-9-15(10-8-14)18(20)17-11-16-6-4-5-13(3)19(16)21-17/h4-12H,1-3H3. The topological polar surface area (TPSA) is 30.2 Å². The van der Waals surface area contributed by atoms with Gasteiger partial charge in [-0.15, -0.1) is 0 Å². The molecule has 0 aliphatic heterocycles. The maximum atomic E-state index is 12.5. The number of ketones is 1. The SMILES string of the molecule is Cc1cccc2cc(C(=O)c3ccc(C(C)C)cc3)oc12. The molecule has 0 N–H and O–H groups in total. The van der Waals surface area contributed by atoms with Gasteiger partial charge in [-0.05, 0) is 30.0 Å². The van der Waals surface area contributed by atoms with Crippen LogP contribution in [0.25, 0.3) is 11.0 Å². The summed E-state index contributed by atoms with van der Waals surface area (Å²) < 4.78 is 5.74. The zero-order chi connectivity index (χ0) is 15.0. The van der Waals surface area contributed by atoms with Crippen LogP contribution in [-0.4, -0.2) is 5.78 Å². The van der Waals surface area contributed by atoms with Gasteiger partial charge in [-0.25, -0.2) is 0 Å². The number of para-hydroxylation sites is 1. The molecule has 1 aromatic heterocycles. The van der Waals surface area contributed by atoms with Crippen molar-refractivity contribution in [3.63, 3.8) is 0 Å². The lowest BCUT2D eigenvalue weighted by atomic mass is 10.00. The lowest BCUT2D eigenvalue weighted by Gasteiger charge is -2.05. The first-order valence-corrected chi connectivity index (χ1v) is 7.20. The third-order valence-corrected chi connectivity index (χ3v) is 3.80. The van der Waals surface area contributed by atoms with Crippen molar-refractivity contribution in [2.75, 3.05) is 0 Å². The molecular weight excluding hydrogens is 260 g/mol. The number of carbonyl (C=O) groups is 1. The summed E-state index contributed by atoms with van der Waals surface area (Å²) in [6, 6.07) is 15.5. The lowest BCUT2D eigenvalue weighted by molar-refractivity contribution is 0.101. The van der Waals surface area contributed by atoms with Gasteiger partial charge in [-0.2, -0.15) is 0 Å². The highest BCUT2D eigenvalue weighted by molar-refractivity contribution is 6.09. The van der Waals surface area contributed by atoms with Crippen LogP contribution in [0.5, 0.6) is 0 Å². The van der Waals surface area contributed by atoms with Crippen molar-refractivity contribution >= 4 is 16.8 Å². The van der Waals surface area contributed by atoms with Gasteiger partial charge in [0.05, 0.1) is 0 Å². The second-order valence-corrected chi connectivity index (χ2v) is 5.71. The second-order valence-electron chi connectivity index (χ2n) is 5.71. The van der Waals surface area contributed by atoms with E-state index in [4.69, 9.17) is 4.42 Å². The van der Waals surface area contributed by atoms with Gasteiger partial charge in [-0.1, -0.05) is 56.3 Å². The van der Waals surface area contributed by atoms with Gasteiger partial charge >= 0.3 is 0 Å². The zero-order valence-electron chi connectivity index (χ0n) is 12.5. The molecule has 0 saturated heterocycles. The Morgan fingerprint density at radius 2 is 1.76 bits per heavy atom. The molecule has 0 atom stereocenters. The molecule has 0 aliphatic rings. The van der Waals surface area contributed by atoms with Gasteiger partial charge in [0.1, 0.15) is 5.58 Å². The van der Waals surface area contributed by atoms with Crippen LogP contribution in [0.15, 0.2) is 52.9 Å². The van der Waals surface area contributed by atoms with E-state index in [-0.39, 0.29) is 5.78 Å². The molecular formula is C19H18O2. The molecule has 0 saturated carbocycles. The van der Waals surface area contributed by atoms with Crippen LogP contribution in [0, 0.1) is 6.92 Å². The summed E-state index contributed by atoms with van der Waals surface area (Å²) in [4.78, 5) is 12.5. The average molecular weight is 278 g/mol. The maximum absolute atomic E-state index is 12.5. The van der Waals surface area contributed by atoms with Crippen molar-refractivity contribution in [3.05, 3.63) is 71.0 Å². The van der Waals surface area contributed by atoms with Crippen molar-refractivity contribution in [2.24, 2.45) is 0 Å². The van der Waals surface area contributed by atoms with E-state index in [1.165, 1.54) is 5.56 Å². The van der Waals surface area contributed by atoms with Crippen LogP contribution in [0.2, 0.25) is 0 Å². The van der Waals surface area contributed by atoms with Crippen LogP contribution in [-0.2, 0) is 0 Å². The minimum absolute atomic E-state index is 0.0686. The molecule has 2 heteroatoms. The molecule has 106 valence electrons. The predicted octanol–water partition coefficient (Wildman–Crippen LogP) is 5.10. The summed E-state index contributed by atoms with van der Waals surface area (Å²) in [5.41, 5.74) is 3.73. The highest BCUT2D eigenvalue weighted by Gasteiger charge is 2.15. The summed E-state index contributed by atoms with van der Waals surface area (Å²) in [6.07, 6.45) is 0. The molecule has 0 radical (unpaired) electrons. The minimum atomic E-state index is -0.0686. The molecule has 0 bridgehead atoms. The quantitative estimate of drug-likeness (QED) is 0.624. The first kappa shape index (κ1) is 13.6. The van der Waals surface area contributed by atoms with Gasteiger partial charge in [0, 0.05) is 10.9 Å². The van der Waals surface area contributed by atoms with E-state index in [1.807, 2.05) is 55.5 Å². The normalized spacial score (nSPS) is 11.2. The molecule has 21 heavy (non-hydrogen) atoms. The van der Waals surface area contributed by atoms with Crippen LogP contribution in [0.3, 0.4) is 0 Å². The number of carbonyl (C=O) groups excluding carboxylic acids is 1. The monoisotopic (exact) mass is 278 g/mol. The fraction of sp³-hybridized carbons (Fsp3) is 0.211. The molecule has 3 rings (SSSR count). The molecule has 2 nitrogen and oxygen atoms in total. The third-order valence-electron chi connectivity index (χ3n) is 3.80. The van der Waals surface area contributed by atoms with Crippen LogP contribution >= 0.6 is 0 Å². The van der Waals surface area contributed by atoms with Crippen molar-refractivity contribution < 1.29 is 9.21 Å². The fourth-order valence-corrected chi connectivity index (χ4v) is 2.48. The summed E-state index contributed by atoms with van der Waals surface area (Å²) in [7, 11) is 0. The van der Waals surface area contributed by atoms with E-state index in [9.17, 15) is 4.79 Å². The molecule has 0 fully saturated rings. The summed E-state index contributed by atoms with van der Waals surface area (Å²) in [6.45, 7) is 6.26. The molecule has 0 amide bonds. The van der Waals surface area contributed by atoms with Crippen molar-refractivity contribution in [3.8, 4) is 0 Å². The minimum Gasteiger partial charge on any atom is -0.452 e. The summed E-state index contributed by atoms with van der Waals surface area (Å²) >= 11 is 0. The molecule has 2 aromatic carbocycles. The fourth-order valence-electron chi connectivity index (χ4n) is 2.48. The Morgan fingerprint density at radius 1 is 1.05 bits per heavy atom. The summed E-state index contributed by atoms with van der Waals surface area (Å²) in [5, 5.41) is 0.970. The van der Waals surface area contributed by atoms with E-state index in [0.29, 0.717) is 17.2 Å². The average Bonchev–Trinajstić information content (AvgIpc) is 2.92. The molecule has 1 heterocycles. The highest BCUT2D eigenvalue weighted by atomic mass is 16.3. The first-order chi connectivity index (χ1) is 10.1. The Kier molecular flexibility index (Phi) is 3.38. The Balaban J connectivity index is 1.98. The van der Waals surface area contributed by atoms with E-state index in [2.05, 4.69) is 13.8 Å². The van der Waals surface area contributed by atoms with E-state index in [0.717, 1.165) is 16.5 Å². The van der Waals surface area contributed by atoms with Gasteiger partial charge in [0.2, 0.25) is 5.78 Å². The lowest BCUT2D eigenvalue weighted by Crippen LogP contribution is -2.00. The number of hydrogen-bond acceptors (Lipinski definition) is 2. The van der Waals surface area contributed by atoms with Gasteiger partial charge in [-0.3, -0.25) is 4.79 Å². The van der Waals surface area contributed by atoms with Crippen molar-refractivity contribution in [1.82, 2.24) is 0 Å². The number of benzene rings is 2. The Morgan fingerprint density at radius 3 is 2.38 bits per heavy atom. The van der Waals surface area contributed by atoms with Gasteiger partial charge in [0.15, 0.2) is 5.76 Å². The Bertz CT molecular complexity index is 792. The zero-order valence-corrected chi connectivity index (χ0v) is 12.5. The maximum Gasteiger partial charge on any atom is 0.228 e. The molecule has 0 spiro atoms. The van der Waals surface area contributed by atoms with Crippen LogP contribution < -0.4 is 0 Å². The number of hydrogen-bond donors (Lipinski definition) is 0. The van der Waals surface area contributed by atoms with Crippen LogP contribution in [0.1, 0.15) is 47.0 Å². The molecule has 0 aliphatic carbocycles.